The van der Waals surface area contributed by atoms with E-state index in [1.807, 2.05) is 97.9 Å². The number of nitrogens with zero attached hydrogens (tertiary/aromatic N) is 1. The SMILES string of the molecule is Cc1oc(-c2ccccc2)nc1P(=O)(c1ccccc1)c1ccccc1. The monoisotopic (exact) mass is 359 g/mol. The molecule has 0 aliphatic heterocycles. The Balaban J connectivity index is 1.94. The quantitative estimate of drug-likeness (QED) is 0.511. The van der Waals surface area contributed by atoms with Gasteiger partial charge in [-0.25, -0.2) is 4.98 Å². The summed E-state index contributed by atoms with van der Waals surface area (Å²) in [6.07, 6.45) is 0. The summed E-state index contributed by atoms with van der Waals surface area (Å²) in [6, 6.07) is 28.7. The second-order valence-corrected chi connectivity index (χ2v) is 8.72. The summed E-state index contributed by atoms with van der Waals surface area (Å²) >= 11 is 0. The van der Waals surface area contributed by atoms with Crippen LogP contribution < -0.4 is 16.0 Å². The highest BCUT2D eigenvalue weighted by Crippen LogP contribution is 2.43. The van der Waals surface area contributed by atoms with Crippen molar-refractivity contribution in [3.05, 3.63) is 96.8 Å². The van der Waals surface area contributed by atoms with E-state index in [1.165, 1.54) is 0 Å². The highest BCUT2D eigenvalue weighted by molar-refractivity contribution is 7.85. The largest absolute Gasteiger partial charge is 0.441 e. The van der Waals surface area contributed by atoms with Crippen LogP contribution in [0.2, 0.25) is 0 Å². The molecule has 0 atom stereocenters. The third-order valence-corrected chi connectivity index (χ3v) is 7.39. The van der Waals surface area contributed by atoms with E-state index >= 15 is 0 Å². The summed E-state index contributed by atoms with van der Waals surface area (Å²) < 4.78 is 20.3. The topological polar surface area (TPSA) is 43.1 Å². The number of aryl methyl sites for hydroxylation is 1. The molecule has 0 aliphatic rings. The maximum atomic E-state index is 14.4. The van der Waals surface area contributed by atoms with Gasteiger partial charge in [-0.2, -0.15) is 0 Å². The lowest BCUT2D eigenvalue weighted by Crippen LogP contribution is -2.27. The van der Waals surface area contributed by atoms with Gasteiger partial charge in [-0.05, 0) is 19.1 Å². The first-order valence-corrected chi connectivity index (χ1v) is 10.1. The minimum Gasteiger partial charge on any atom is -0.441 e. The van der Waals surface area contributed by atoms with Crippen molar-refractivity contribution >= 4 is 23.2 Å². The van der Waals surface area contributed by atoms with Crippen LogP contribution in [0.1, 0.15) is 5.76 Å². The second kappa shape index (κ2) is 6.78. The molecule has 0 bridgehead atoms. The van der Waals surface area contributed by atoms with E-state index in [4.69, 9.17) is 4.42 Å². The third-order valence-electron chi connectivity index (χ3n) is 4.33. The van der Waals surface area contributed by atoms with Crippen LogP contribution in [0, 0.1) is 6.92 Å². The first-order valence-electron chi connectivity index (χ1n) is 8.44. The Morgan fingerprint density at radius 3 is 1.69 bits per heavy atom. The van der Waals surface area contributed by atoms with Gasteiger partial charge in [0.25, 0.3) is 0 Å². The summed E-state index contributed by atoms with van der Waals surface area (Å²) in [6.45, 7) is 1.83. The number of hydrogen-bond acceptors (Lipinski definition) is 3. The molecular formula is C22H18NO2P. The van der Waals surface area contributed by atoms with Gasteiger partial charge in [0.1, 0.15) is 5.76 Å². The van der Waals surface area contributed by atoms with Gasteiger partial charge in [-0.15, -0.1) is 0 Å². The number of benzene rings is 3. The lowest BCUT2D eigenvalue weighted by Gasteiger charge is -2.17. The van der Waals surface area contributed by atoms with Crippen molar-refractivity contribution < 1.29 is 8.98 Å². The second-order valence-electron chi connectivity index (χ2n) is 6.05. The third kappa shape index (κ3) is 2.81. The molecule has 0 unspecified atom stereocenters. The Labute approximate surface area is 152 Å². The molecule has 0 radical (unpaired) electrons. The van der Waals surface area contributed by atoms with Crippen LogP contribution >= 0.6 is 7.14 Å². The highest BCUT2D eigenvalue weighted by Gasteiger charge is 2.35. The van der Waals surface area contributed by atoms with E-state index in [2.05, 4.69) is 4.98 Å². The predicted octanol–water partition coefficient (Wildman–Crippen LogP) is 4.29. The Hall–Kier alpha value is -2.90. The standard InChI is InChI=1S/C22H18NO2P/c1-17-22(23-21(25-17)18-11-5-2-6-12-18)26(24,19-13-7-3-8-14-19)20-15-9-4-10-16-20/h2-16H,1H3. The lowest BCUT2D eigenvalue weighted by atomic mass is 10.2. The minimum absolute atomic E-state index is 0.491. The Kier molecular flexibility index (Phi) is 4.32. The van der Waals surface area contributed by atoms with Crippen LogP contribution in [-0.4, -0.2) is 4.98 Å². The van der Waals surface area contributed by atoms with Gasteiger partial charge in [-0.3, -0.25) is 0 Å². The van der Waals surface area contributed by atoms with Gasteiger partial charge < -0.3 is 8.98 Å². The van der Waals surface area contributed by atoms with Crippen LogP contribution in [0.25, 0.3) is 11.5 Å². The molecule has 4 heteroatoms. The molecule has 3 nitrogen and oxygen atoms in total. The van der Waals surface area contributed by atoms with Gasteiger partial charge in [-0.1, -0.05) is 78.9 Å². The molecule has 1 heterocycles. The van der Waals surface area contributed by atoms with Crippen LogP contribution in [0.15, 0.2) is 95.4 Å². The summed E-state index contributed by atoms with van der Waals surface area (Å²) in [5, 5.41) is 1.50. The maximum Gasteiger partial charge on any atom is 0.227 e. The number of rotatable bonds is 4. The fraction of sp³-hybridized carbons (Fsp3) is 0.0455. The summed E-state index contributed by atoms with van der Waals surface area (Å²) in [5.74, 6) is 1.07. The number of hydrogen-bond donors (Lipinski definition) is 0. The van der Waals surface area contributed by atoms with E-state index in [9.17, 15) is 4.57 Å². The molecule has 1 aromatic heterocycles. The van der Waals surface area contributed by atoms with Crippen molar-refractivity contribution in [2.45, 2.75) is 6.92 Å². The smallest absolute Gasteiger partial charge is 0.227 e. The van der Waals surface area contributed by atoms with Gasteiger partial charge in [0.15, 0.2) is 12.6 Å². The molecule has 0 spiro atoms. The molecular weight excluding hydrogens is 341 g/mol. The van der Waals surface area contributed by atoms with Crippen molar-refractivity contribution in [2.24, 2.45) is 0 Å². The van der Waals surface area contributed by atoms with Crippen molar-refractivity contribution in [2.75, 3.05) is 0 Å². The lowest BCUT2D eigenvalue weighted by molar-refractivity contribution is 0.543. The molecule has 0 N–H and O–H groups in total. The minimum atomic E-state index is -3.12. The fourth-order valence-corrected chi connectivity index (χ4v) is 5.75. The first kappa shape index (κ1) is 16.6. The van der Waals surface area contributed by atoms with E-state index in [1.54, 1.807) is 0 Å². The molecule has 0 saturated carbocycles. The van der Waals surface area contributed by atoms with Crippen LogP contribution in [0.3, 0.4) is 0 Å². The number of aromatic nitrogens is 1. The Morgan fingerprint density at radius 2 is 1.19 bits per heavy atom. The van der Waals surface area contributed by atoms with Crippen LogP contribution in [-0.2, 0) is 4.57 Å². The highest BCUT2D eigenvalue weighted by atomic mass is 31.2. The van der Waals surface area contributed by atoms with E-state index in [0.29, 0.717) is 17.1 Å². The zero-order valence-electron chi connectivity index (χ0n) is 14.4. The predicted molar refractivity (Wildman–Crippen MR) is 106 cm³/mol. The average molecular weight is 359 g/mol. The van der Waals surface area contributed by atoms with Gasteiger partial charge in [0, 0.05) is 16.2 Å². The van der Waals surface area contributed by atoms with E-state index in [-0.39, 0.29) is 0 Å². The van der Waals surface area contributed by atoms with Crippen molar-refractivity contribution in [1.29, 1.82) is 0 Å². The van der Waals surface area contributed by atoms with E-state index in [0.717, 1.165) is 16.2 Å². The Morgan fingerprint density at radius 1 is 0.731 bits per heavy atom. The molecule has 0 amide bonds. The number of oxazole rings is 1. The molecule has 4 aromatic rings. The average Bonchev–Trinajstić information content (AvgIpc) is 3.11. The van der Waals surface area contributed by atoms with Crippen molar-refractivity contribution in [3.63, 3.8) is 0 Å². The molecule has 0 aliphatic carbocycles. The maximum absolute atomic E-state index is 14.4. The van der Waals surface area contributed by atoms with Gasteiger partial charge in [0.05, 0.1) is 0 Å². The summed E-state index contributed by atoms with van der Waals surface area (Å²) in [5.41, 5.74) is 1.38. The Bertz CT molecular complexity index is 1010. The molecule has 4 rings (SSSR count). The van der Waals surface area contributed by atoms with E-state index < -0.39 is 7.14 Å². The molecule has 0 saturated heterocycles. The zero-order valence-corrected chi connectivity index (χ0v) is 15.3. The molecule has 3 aromatic carbocycles. The van der Waals surface area contributed by atoms with Gasteiger partial charge >= 0.3 is 0 Å². The van der Waals surface area contributed by atoms with Crippen molar-refractivity contribution in [3.8, 4) is 11.5 Å². The zero-order chi connectivity index (χ0) is 18.0. The van der Waals surface area contributed by atoms with Crippen molar-refractivity contribution in [1.82, 2.24) is 4.98 Å². The molecule has 128 valence electrons. The molecule has 0 fully saturated rings. The first-order chi connectivity index (χ1) is 12.7. The summed E-state index contributed by atoms with van der Waals surface area (Å²) in [4.78, 5) is 4.68. The normalized spacial score (nSPS) is 11.4. The summed E-state index contributed by atoms with van der Waals surface area (Å²) in [7, 11) is -3.12. The fourth-order valence-electron chi connectivity index (χ4n) is 3.05. The van der Waals surface area contributed by atoms with Crippen LogP contribution in [0.5, 0.6) is 0 Å². The van der Waals surface area contributed by atoms with Crippen LogP contribution in [0.4, 0.5) is 0 Å². The molecule has 26 heavy (non-hydrogen) atoms. The van der Waals surface area contributed by atoms with Gasteiger partial charge in [0.2, 0.25) is 5.89 Å².